The van der Waals surface area contributed by atoms with Crippen LogP contribution in [0.25, 0.3) is 0 Å². The molecule has 1 N–H and O–H groups in total. The molecule has 1 aromatic carbocycles. The summed E-state index contributed by atoms with van der Waals surface area (Å²) in [6.07, 6.45) is 3.83. The molecule has 1 aliphatic rings. The number of rotatable bonds is 4. The Hall–Kier alpha value is -1.90. The van der Waals surface area contributed by atoms with E-state index < -0.39 is 0 Å². The van der Waals surface area contributed by atoms with Gasteiger partial charge in [0.05, 0.1) is 0 Å². The van der Waals surface area contributed by atoms with Gasteiger partial charge in [0.15, 0.2) is 0 Å². The molecule has 1 aromatic heterocycles. The molecular formula is C15H15FN2. The number of anilines is 1. The van der Waals surface area contributed by atoms with Gasteiger partial charge in [0, 0.05) is 18.2 Å². The molecule has 0 saturated heterocycles. The first-order chi connectivity index (χ1) is 8.80. The Bertz CT molecular complexity index is 535. The predicted molar refractivity (Wildman–Crippen MR) is 70.0 cm³/mol. The number of halogens is 1. The van der Waals surface area contributed by atoms with Crippen molar-refractivity contribution in [2.45, 2.75) is 18.3 Å². The number of nitrogens with one attached hydrogen (secondary N) is 1. The fourth-order valence-corrected chi connectivity index (χ4v) is 2.31. The van der Waals surface area contributed by atoms with Gasteiger partial charge in [0.25, 0.3) is 0 Å². The van der Waals surface area contributed by atoms with Crippen LogP contribution in [0.15, 0.2) is 48.7 Å². The highest BCUT2D eigenvalue weighted by Gasteiger charge is 2.45. The second-order valence-corrected chi connectivity index (χ2v) is 4.83. The molecule has 18 heavy (non-hydrogen) atoms. The fourth-order valence-electron chi connectivity index (χ4n) is 2.31. The number of nitrogens with zero attached hydrogens (tertiary/aromatic N) is 1. The molecular weight excluding hydrogens is 227 g/mol. The smallest absolute Gasteiger partial charge is 0.127 e. The minimum Gasteiger partial charge on any atom is -0.369 e. The van der Waals surface area contributed by atoms with E-state index in [1.807, 2.05) is 30.3 Å². The summed E-state index contributed by atoms with van der Waals surface area (Å²) < 4.78 is 13.8. The summed E-state index contributed by atoms with van der Waals surface area (Å²) in [6, 6.07) is 12.8. The highest BCUT2D eigenvalue weighted by atomic mass is 19.1. The molecule has 1 fully saturated rings. The molecule has 3 rings (SSSR count). The normalized spacial score (nSPS) is 16.3. The van der Waals surface area contributed by atoms with E-state index in [9.17, 15) is 4.39 Å². The zero-order valence-corrected chi connectivity index (χ0v) is 10.1. The number of hydrogen-bond donors (Lipinski definition) is 1. The van der Waals surface area contributed by atoms with E-state index in [0.717, 1.165) is 30.8 Å². The molecule has 1 saturated carbocycles. The second-order valence-electron chi connectivity index (χ2n) is 4.83. The lowest BCUT2D eigenvalue weighted by atomic mass is 9.95. The molecule has 1 aliphatic carbocycles. The summed E-state index contributed by atoms with van der Waals surface area (Å²) in [7, 11) is 0. The molecule has 0 spiro atoms. The third kappa shape index (κ3) is 2.08. The quantitative estimate of drug-likeness (QED) is 0.889. The molecule has 0 bridgehead atoms. The Morgan fingerprint density at radius 2 is 1.89 bits per heavy atom. The maximum atomic E-state index is 13.8. The summed E-state index contributed by atoms with van der Waals surface area (Å²) >= 11 is 0. The Labute approximate surface area is 106 Å². The lowest BCUT2D eigenvalue weighted by Crippen LogP contribution is -2.21. The minimum atomic E-state index is -0.0992. The van der Waals surface area contributed by atoms with Crippen molar-refractivity contribution >= 4 is 5.82 Å². The van der Waals surface area contributed by atoms with Crippen molar-refractivity contribution in [3.63, 3.8) is 0 Å². The monoisotopic (exact) mass is 242 g/mol. The van der Waals surface area contributed by atoms with E-state index in [2.05, 4.69) is 10.3 Å². The summed E-state index contributed by atoms with van der Waals surface area (Å²) in [5.41, 5.74) is 0.788. The van der Waals surface area contributed by atoms with E-state index >= 15 is 0 Å². The fraction of sp³-hybridized carbons (Fsp3) is 0.267. The zero-order valence-electron chi connectivity index (χ0n) is 10.1. The maximum absolute atomic E-state index is 13.8. The van der Waals surface area contributed by atoms with Crippen LogP contribution in [-0.4, -0.2) is 11.5 Å². The topological polar surface area (TPSA) is 24.9 Å². The van der Waals surface area contributed by atoms with Crippen LogP contribution in [0.3, 0.4) is 0 Å². The number of hydrogen-bond acceptors (Lipinski definition) is 2. The molecule has 2 aromatic rings. The van der Waals surface area contributed by atoms with Gasteiger partial charge < -0.3 is 5.32 Å². The van der Waals surface area contributed by atoms with Gasteiger partial charge in [0.2, 0.25) is 0 Å². The van der Waals surface area contributed by atoms with Gasteiger partial charge in [-0.25, -0.2) is 9.37 Å². The van der Waals surface area contributed by atoms with Gasteiger partial charge in [-0.3, -0.25) is 0 Å². The third-order valence-electron chi connectivity index (χ3n) is 3.57. The molecule has 0 amide bonds. The molecule has 2 nitrogen and oxygen atoms in total. The van der Waals surface area contributed by atoms with Crippen molar-refractivity contribution in [2.75, 3.05) is 11.9 Å². The van der Waals surface area contributed by atoms with Gasteiger partial charge in [-0.1, -0.05) is 24.3 Å². The standard InChI is InChI=1S/C15H15FN2/c16-13-6-2-1-5-12(13)15(8-9-15)11-18-14-7-3-4-10-17-14/h1-7,10H,8-9,11H2,(H,17,18). The highest BCUT2D eigenvalue weighted by Crippen LogP contribution is 2.48. The van der Waals surface area contributed by atoms with E-state index in [1.54, 1.807) is 12.3 Å². The molecule has 0 atom stereocenters. The van der Waals surface area contributed by atoms with Crippen LogP contribution < -0.4 is 5.32 Å². The Morgan fingerprint density at radius 3 is 2.56 bits per heavy atom. The second kappa shape index (κ2) is 4.41. The van der Waals surface area contributed by atoms with Crippen molar-refractivity contribution in [2.24, 2.45) is 0 Å². The van der Waals surface area contributed by atoms with Crippen LogP contribution in [0.2, 0.25) is 0 Å². The van der Waals surface area contributed by atoms with Crippen molar-refractivity contribution in [3.05, 3.63) is 60.0 Å². The first kappa shape index (κ1) is 11.2. The molecule has 0 unspecified atom stereocenters. The van der Waals surface area contributed by atoms with Crippen molar-refractivity contribution in [1.82, 2.24) is 4.98 Å². The molecule has 3 heteroatoms. The predicted octanol–water partition coefficient (Wildman–Crippen LogP) is 3.36. The Balaban J connectivity index is 1.75. The maximum Gasteiger partial charge on any atom is 0.127 e. The lowest BCUT2D eigenvalue weighted by Gasteiger charge is -2.17. The van der Waals surface area contributed by atoms with E-state index in [1.165, 1.54) is 6.07 Å². The van der Waals surface area contributed by atoms with Crippen LogP contribution in [0, 0.1) is 5.82 Å². The molecule has 0 radical (unpaired) electrons. The van der Waals surface area contributed by atoms with Gasteiger partial charge in [0.1, 0.15) is 11.6 Å². The van der Waals surface area contributed by atoms with E-state index in [4.69, 9.17) is 0 Å². The average Bonchev–Trinajstić information content (AvgIpc) is 3.19. The van der Waals surface area contributed by atoms with E-state index in [0.29, 0.717) is 0 Å². The average molecular weight is 242 g/mol. The van der Waals surface area contributed by atoms with Gasteiger partial charge in [-0.2, -0.15) is 0 Å². The van der Waals surface area contributed by atoms with Crippen molar-refractivity contribution in [3.8, 4) is 0 Å². The summed E-state index contributed by atoms with van der Waals surface area (Å²) in [4.78, 5) is 4.22. The highest BCUT2D eigenvalue weighted by molar-refractivity contribution is 5.39. The molecule has 0 aliphatic heterocycles. The third-order valence-corrected chi connectivity index (χ3v) is 3.57. The number of benzene rings is 1. The van der Waals surface area contributed by atoms with Crippen LogP contribution in [0.5, 0.6) is 0 Å². The summed E-state index contributed by atoms with van der Waals surface area (Å²) in [6.45, 7) is 0.741. The number of aromatic nitrogens is 1. The first-order valence-corrected chi connectivity index (χ1v) is 6.20. The van der Waals surface area contributed by atoms with Gasteiger partial charge >= 0.3 is 0 Å². The van der Waals surface area contributed by atoms with Crippen LogP contribution in [0.4, 0.5) is 10.2 Å². The molecule has 92 valence electrons. The van der Waals surface area contributed by atoms with Crippen LogP contribution in [0.1, 0.15) is 18.4 Å². The lowest BCUT2D eigenvalue weighted by molar-refractivity contribution is 0.578. The van der Waals surface area contributed by atoms with Crippen LogP contribution in [-0.2, 0) is 5.41 Å². The zero-order chi connectivity index (χ0) is 12.4. The number of pyridine rings is 1. The van der Waals surface area contributed by atoms with Crippen molar-refractivity contribution < 1.29 is 4.39 Å². The Morgan fingerprint density at radius 1 is 1.11 bits per heavy atom. The SMILES string of the molecule is Fc1ccccc1C1(CNc2ccccn2)CC1. The minimum absolute atomic E-state index is 0.0388. The van der Waals surface area contributed by atoms with Gasteiger partial charge in [-0.05, 0) is 36.6 Å². The van der Waals surface area contributed by atoms with E-state index in [-0.39, 0.29) is 11.2 Å². The summed E-state index contributed by atoms with van der Waals surface area (Å²) in [5, 5.41) is 3.30. The van der Waals surface area contributed by atoms with Crippen LogP contribution >= 0.6 is 0 Å². The Kier molecular flexibility index (Phi) is 2.74. The van der Waals surface area contributed by atoms with Gasteiger partial charge in [-0.15, -0.1) is 0 Å². The van der Waals surface area contributed by atoms with Crippen molar-refractivity contribution in [1.29, 1.82) is 0 Å². The summed E-state index contributed by atoms with van der Waals surface area (Å²) in [5.74, 6) is 0.748. The first-order valence-electron chi connectivity index (χ1n) is 6.20. The molecule has 1 heterocycles. The largest absolute Gasteiger partial charge is 0.369 e.